The van der Waals surface area contributed by atoms with Crippen LogP contribution < -0.4 is 5.32 Å². The van der Waals surface area contributed by atoms with Crippen LogP contribution in [-0.2, 0) is 0 Å². The number of rotatable bonds is 6. The van der Waals surface area contributed by atoms with E-state index in [-0.39, 0.29) is 0 Å². The largest absolute Gasteiger partial charge is 0.317 e. The Hall–Kier alpha value is 0.310. The second kappa shape index (κ2) is 6.79. The van der Waals surface area contributed by atoms with Gasteiger partial charge in [0.05, 0.1) is 0 Å². The molecule has 2 atom stereocenters. The first-order valence-electron chi connectivity index (χ1n) is 4.85. The van der Waals surface area contributed by atoms with Crippen LogP contribution >= 0.6 is 11.8 Å². The van der Waals surface area contributed by atoms with E-state index in [1.165, 1.54) is 12.2 Å². The van der Waals surface area contributed by atoms with E-state index in [1.807, 2.05) is 7.05 Å². The summed E-state index contributed by atoms with van der Waals surface area (Å²) in [5, 5.41) is 4.06. The van der Waals surface area contributed by atoms with Crippen LogP contribution in [0.25, 0.3) is 0 Å². The van der Waals surface area contributed by atoms with Crippen LogP contribution in [0.5, 0.6) is 0 Å². The third-order valence-electron chi connectivity index (χ3n) is 1.89. The third kappa shape index (κ3) is 6.99. The Kier molecular flexibility index (Phi) is 6.96. The fourth-order valence-corrected chi connectivity index (χ4v) is 2.18. The van der Waals surface area contributed by atoms with Crippen molar-refractivity contribution in [2.75, 3.05) is 12.8 Å². The lowest BCUT2D eigenvalue weighted by Crippen LogP contribution is -2.24. The van der Waals surface area contributed by atoms with Crippen molar-refractivity contribution in [3.8, 4) is 0 Å². The van der Waals surface area contributed by atoms with Crippen LogP contribution in [0.1, 0.15) is 34.1 Å². The van der Waals surface area contributed by atoms with Crippen molar-refractivity contribution in [2.24, 2.45) is 5.92 Å². The van der Waals surface area contributed by atoms with E-state index < -0.39 is 0 Å². The molecule has 0 aromatic heterocycles. The van der Waals surface area contributed by atoms with E-state index in [2.05, 4.69) is 44.8 Å². The minimum Gasteiger partial charge on any atom is -0.317 e. The molecule has 0 radical (unpaired) electrons. The summed E-state index contributed by atoms with van der Waals surface area (Å²) in [6.45, 7) is 9.12. The molecule has 0 aromatic rings. The molecule has 1 nitrogen and oxygen atoms in total. The van der Waals surface area contributed by atoms with Gasteiger partial charge in [0.1, 0.15) is 0 Å². The number of hydrogen-bond acceptors (Lipinski definition) is 2. The fourth-order valence-electron chi connectivity index (χ4n) is 1.04. The molecular weight excluding hydrogens is 166 g/mol. The number of nitrogens with one attached hydrogen (secondary N) is 1. The number of hydrogen-bond donors (Lipinski definition) is 1. The molecule has 0 saturated heterocycles. The average Bonchev–Trinajstić information content (AvgIpc) is 2.00. The Morgan fingerprint density at radius 1 is 1.17 bits per heavy atom. The zero-order valence-electron chi connectivity index (χ0n) is 9.05. The van der Waals surface area contributed by atoms with Crippen molar-refractivity contribution >= 4 is 11.8 Å². The van der Waals surface area contributed by atoms with Gasteiger partial charge in [0.25, 0.3) is 0 Å². The van der Waals surface area contributed by atoms with Crippen LogP contribution in [0.15, 0.2) is 0 Å². The van der Waals surface area contributed by atoms with Gasteiger partial charge in [0.2, 0.25) is 0 Å². The normalized spacial score (nSPS) is 16.5. The molecule has 0 bridgehead atoms. The van der Waals surface area contributed by atoms with Crippen molar-refractivity contribution in [3.05, 3.63) is 0 Å². The Morgan fingerprint density at radius 3 is 2.17 bits per heavy atom. The Morgan fingerprint density at radius 2 is 1.75 bits per heavy atom. The van der Waals surface area contributed by atoms with E-state index in [9.17, 15) is 0 Å². The predicted octanol–water partition coefficient (Wildman–Crippen LogP) is 2.76. The minimum atomic E-state index is 0.652. The molecule has 12 heavy (non-hydrogen) atoms. The Labute approximate surface area is 81.7 Å². The molecule has 0 aliphatic rings. The van der Waals surface area contributed by atoms with E-state index in [4.69, 9.17) is 0 Å². The summed E-state index contributed by atoms with van der Waals surface area (Å²) in [4.78, 5) is 0. The summed E-state index contributed by atoms with van der Waals surface area (Å²) in [6, 6.07) is 0.652. The lowest BCUT2D eigenvalue weighted by atomic mass is 10.2. The first-order valence-corrected chi connectivity index (χ1v) is 5.90. The maximum absolute atomic E-state index is 3.27. The molecule has 2 unspecified atom stereocenters. The van der Waals surface area contributed by atoms with Crippen molar-refractivity contribution < 1.29 is 0 Å². The molecule has 0 aromatic carbocycles. The summed E-state index contributed by atoms with van der Waals surface area (Å²) in [5.74, 6) is 2.11. The summed E-state index contributed by atoms with van der Waals surface area (Å²) in [7, 11) is 2.03. The molecule has 0 amide bonds. The van der Waals surface area contributed by atoms with Crippen LogP contribution in [0.4, 0.5) is 0 Å². The standard InChI is InChI=1S/C10H23NS/c1-8(2)7-12-10(4)6-9(3)11-5/h8-11H,6-7H2,1-5H3. The highest BCUT2D eigenvalue weighted by atomic mass is 32.2. The van der Waals surface area contributed by atoms with E-state index in [1.54, 1.807) is 0 Å². The molecule has 0 heterocycles. The molecule has 0 saturated carbocycles. The number of thioether (sulfide) groups is 1. The molecule has 2 heteroatoms. The molecule has 0 rings (SSSR count). The highest BCUT2D eigenvalue weighted by Crippen LogP contribution is 2.18. The maximum atomic E-state index is 3.27. The lowest BCUT2D eigenvalue weighted by molar-refractivity contribution is 0.563. The third-order valence-corrected chi connectivity index (χ3v) is 3.51. The van der Waals surface area contributed by atoms with E-state index in [0.717, 1.165) is 11.2 Å². The summed E-state index contributed by atoms with van der Waals surface area (Å²) >= 11 is 2.09. The van der Waals surface area contributed by atoms with Crippen LogP contribution in [0.3, 0.4) is 0 Å². The smallest absolute Gasteiger partial charge is 0.00461 e. The molecule has 1 N–H and O–H groups in total. The van der Waals surface area contributed by atoms with Gasteiger partial charge in [-0.15, -0.1) is 0 Å². The second-order valence-corrected chi connectivity index (χ2v) is 5.43. The highest BCUT2D eigenvalue weighted by molar-refractivity contribution is 7.99. The van der Waals surface area contributed by atoms with E-state index in [0.29, 0.717) is 6.04 Å². The van der Waals surface area contributed by atoms with Crippen LogP contribution in [0.2, 0.25) is 0 Å². The zero-order chi connectivity index (χ0) is 9.56. The molecule has 0 fully saturated rings. The van der Waals surface area contributed by atoms with Crippen LogP contribution in [0, 0.1) is 5.92 Å². The van der Waals surface area contributed by atoms with Gasteiger partial charge in [-0.25, -0.2) is 0 Å². The Bertz CT molecular complexity index is 104. The predicted molar refractivity (Wildman–Crippen MR) is 59.9 cm³/mol. The van der Waals surface area contributed by atoms with Crippen molar-refractivity contribution in [2.45, 2.75) is 45.4 Å². The van der Waals surface area contributed by atoms with Gasteiger partial charge in [-0.3, -0.25) is 0 Å². The fraction of sp³-hybridized carbons (Fsp3) is 1.00. The monoisotopic (exact) mass is 189 g/mol. The maximum Gasteiger partial charge on any atom is 0.00461 e. The van der Waals surface area contributed by atoms with E-state index >= 15 is 0 Å². The first kappa shape index (κ1) is 12.3. The second-order valence-electron chi connectivity index (χ2n) is 3.96. The van der Waals surface area contributed by atoms with Crippen molar-refractivity contribution in [3.63, 3.8) is 0 Å². The minimum absolute atomic E-state index is 0.652. The first-order chi connectivity index (χ1) is 5.56. The molecular formula is C10H23NS. The topological polar surface area (TPSA) is 12.0 Å². The van der Waals surface area contributed by atoms with Gasteiger partial charge >= 0.3 is 0 Å². The SMILES string of the molecule is CNC(C)CC(C)SCC(C)C. The van der Waals surface area contributed by atoms with Crippen molar-refractivity contribution in [1.29, 1.82) is 0 Å². The average molecular weight is 189 g/mol. The van der Waals surface area contributed by atoms with Gasteiger partial charge in [-0.2, -0.15) is 11.8 Å². The van der Waals surface area contributed by atoms with Gasteiger partial charge < -0.3 is 5.32 Å². The van der Waals surface area contributed by atoms with Gasteiger partial charge in [0, 0.05) is 11.3 Å². The zero-order valence-corrected chi connectivity index (χ0v) is 9.87. The van der Waals surface area contributed by atoms with Crippen LogP contribution in [-0.4, -0.2) is 24.1 Å². The van der Waals surface area contributed by atoms with Gasteiger partial charge in [-0.1, -0.05) is 20.8 Å². The summed E-state index contributed by atoms with van der Waals surface area (Å²) < 4.78 is 0. The highest BCUT2D eigenvalue weighted by Gasteiger charge is 2.07. The molecule has 74 valence electrons. The van der Waals surface area contributed by atoms with Gasteiger partial charge in [0.15, 0.2) is 0 Å². The van der Waals surface area contributed by atoms with Gasteiger partial charge in [-0.05, 0) is 32.1 Å². The molecule has 0 aliphatic carbocycles. The Balaban J connectivity index is 3.39. The molecule has 0 aliphatic heterocycles. The molecule has 0 spiro atoms. The quantitative estimate of drug-likeness (QED) is 0.689. The lowest BCUT2D eigenvalue weighted by Gasteiger charge is -2.17. The summed E-state index contributed by atoms with van der Waals surface area (Å²) in [5.41, 5.74) is 0. The summed E-state index contributed by atoms with van der Waals surface area (Å²) in [6.07, 6.45) is 1.27. The van der Waals surface area contributed by atoms with Crippen molar-refractivity contribution in [1.82, 2.24) is 5.32 Å².